The number of hydrogen-bond acceptors (Lipinski definition) is 9. The maximum Gasteiger partial charge on any atom is 0.295 e. The number of halogens is 1. The van der Waals surface area contributed by atoms with Gasteiger partial charge in [0, 0.05) is 17.5 Å². The number of ether oxygens (including phenoxy) is 3. The Bertz CT molecular complexity index is 1140. The van der Waals surface area contributed by atoms with Gasteiger partial charge in [-0.25, -0.2) is 9.37 Å². The van der Waals surface area contributed by atoms with Gasteiger partial charge in [-0.15, -0.1) is 5.10 Å². The molecule has 32 heavy (non-hydrogen) atoms. The van der Waals surface area contributed by atoms with Crippen LogP contribution in [0.15, 0.2) is 18.5 Å². The number of nitrogens with zero attached hydrogens (tertiary/aromatic N) is 4. The van der Waals surface area contributed by atoms with Gasteiger partial charge in [0.2, 0.25) is 5.13 Å². The number of amides is 1. The quantitative estimate of drug-likeness (QED) is 0.486. The van der Waals surface area contributed by atoms with Crippen molar-refractivity contribution >= 4 is 30.4 Å². The van der Waals surface area contributed by atoms with Crippen LogP contribution in [0.4, 0.5) is 9.52 Å². The molecule has 3 heterocycles. The Morgan fingerprint density at radius 2 is 1.91 bits per heavy atom. The van der Waals surface area contributed by atoms with Gasteiger partial charge < -0.3 is 14.2 Å². The summed E-state index contributed by atoms with van der Waals surface area (Å²) < 4.78 is 31.0. The summed E-state index contributed by atoms with van der Waals surface area (Å²) >= 11 is 1.11. The lowest BCUT2D eigenvalue weighted by atomic mass is 9.99. The summed E-state index contributed by atoms with van der Waals surface area (Å²) in [4.78, 5) is 21.1. The molecule has 0 aromatic carbocycles. The first kappa shape index (κ1) is 23.5. The lowest BCUT2D eigenvalue weighted by Gasteiger charge is -2.15. The fraction of sp³-hybridized carbons (Fsp3) is 0.350. The third kappa shape index (κ3) is 5.37. The summed E-state index contributed by atoms with van der Waals surface area (Å²) in [6, 6.07) is 1.60. The molecule has 3 aromatic heterocycles. The molecule has 0 aliphatic heterocycles. The minimum absolute atomic E-state index is 0.0476. The molecule has 0 radical (unpaired) electrons. The molecule has 0 saturated heterocycles. The van der Waals surface area contributed by atoms with Crippen LogP contribution < -0.4 is 19.5 Å². The highest BCUT2D eigenvalue weighted by Crippen LogP contribution is 2.40. The topological polar surface area (TPSA) is 108 Å². The van der Waals surface area contributed by atoms with Gasteiger partial charge in [-0.05, 0) is 24.3 Å². The number of hydrogen-bond donors (Lipinski definition) is 1. The molecule has 170 valence electrons. The number of aromatic nitrogens is 4. The highest BCUT2D eigenvalue weighted by Gasteiger charge is 2.24. The maximum absolute atomic E-state index is 14.8. The third-order valence-electron chi connectivity index (χ3n) is 4.16. The van der Waals surface area contributed by atoms with E-state index in [-0.39, 0.29) is 33.5 Å². The van der Waals surface area contributed by atoms with E-state index < -0.39 is 19.8 Å². The average Bonchev–Trinajstić information content (AvgIpc) is 3.18. The van der Waals surface area contributed by atoms with Gasteiger partial charge in [0.1, 0.15) is 0 Å². The number of aryl methyl sites for hydroxylation is 1. The van der Waals surface area contributed by atoms with Gasteiger partial charge in [0.05, 0.1) is 45.8 Å². The number of pyridine rings is 2. The van der Waals surface area contributed by atoms with Crippen molar-refractivity contribution in [1.82, 2.24) is 20.2 Å². The predicted molar refractivity (Wildman–Crippen MR) is 122 cm³/mol. The first-order valence-electron chi connectivity index (χ1n) is 9.64. The summed E-state index contributed by atoms with van der Waals surface area (Å²) in [5.41, 5.74) is 1.05. The van der Waals surface area contributed by atoms with Crippen LogP contribution in [-0.2, 0) is 0 Å². The van der Waals surface area contributed by atoms with Crippen LogP contribution in [0.2, 0.25) is 19.6 Å². The first-order chi connectivity index (χ1) is 15.1. The second-order valence-electron chi connectivity index (χ2n) is 8.07. The number of anilines is 1. The summed E-state index contributed by atoms with van der Waals surface area (Å²) in [6.07, 6.45) is 2.97. The molecule has 1 N–H and O–H groups in total. The van der Waals surface area contributed by atoms with E-state index in [9.17, 15) is 9.18 Å². The molecule has 0 atom stereocenters. The van der Waals surface area contributed by atoms with E-state index in [0.29, 0.717) is 17.1 Å². The Balaban J connectivity index is 1.95. The van der Waals surface area contributed by atoms with Crippen LogP contribution in [0.3, 0.4) is 0 Å². The van der Waals surface area contributed by atoms with Crippen LogP contribution >= 0.6 is 11.3 Å². The monoisotopic (exact) mass is 477 g/mol. The predicted octanol–water partition coefficient (Wildman–Crippen LogP) is 3.97. The van der Waals surface area contributed by atoms with Crippen LogP contribution in [0.5, 0.6) is 16.8 Å². The molecule has 0 unspecified atom stereocenters. The number of carbonyl (C=O) groups excluding carboxylic acids is 1. The highest BCUT2D eigenvalue weighted by molar-refractivity contribution is 7.17. The molecule has 0 fully saturated rings. The van der Waals surface area contributed by atoms with Gasteiger partial charge in [-0.2, -0.15) is 0 Å². The molecule has 3 rings (SSSR count). The zero-order valence-electron chi connectivity index (χ0n) is 18.6. The third-order valence-corrected chi connectivity index (χ3v) is 5.92. The minimum atomic E-state index is -1.43. The Labute approximate surface area is 190 Å². The van der Waals surface area contributed by atoms with Crippen LogP contribution in [-0.4, -0.2) is 54.6 Å². The van der Waals surface area contributed by atoms with E-state index in [0.717, 1.165) is 17.5 Å². The van der Waals surface area contributed by atoms with Gasteiger partial charge in [0.25, 0.3) is 17.0 Å². The molecule has 0 aliphatic carbocycles. The van der Waals surface area contributed by atoms with Crippen LogP contribution in [0.25, 0.3) is 11.1 Å². The van der Waals surface area contributed by atoms with Crippen molar-refractivity contribution in [3.8, 4) is 28.0 Å². The standard InChI is InChI=1S/C20H24FN5O4SSi/c1-11-7-12(15-14(21)9-23-18(29-3)16(15)28-2)13(8-22-11)17(27)24-19-25-26-20(31-19)30-10-32(4,5)6/h7-9H,10H2,1-6H3,(H,24,25,27). The molecule has 0 spiro atoms. The average molecular weight is 478 g/mol. The Morgan fingerprint density at radius 1 is 1.16 bits per heavy atom. The minimum Gasteiger partial charge on any atom is -0.491 e. The zero-order valence-corrected chi connectivity index (χ0v) is 20.5. The fourth-order valence-corrected chi connectivity index (χ4v) is 4.01. The zero-order chi connectivity index (χ0) is 23.5. The number of rotatable bonds is 8. The van der Waals surface area contributed by atoms with E-state index in [1.807, 2.05) is 0 Å². The van der Waals surface area contributed by atoms with Crippen molar-refractivity contribution in [2.75, 3.05) is 25.8 Å². The van der Waals surface area contributed by atoms with Gasteiger partial charge >= 0.3 is 0 Å². The SMILES string of the molecule is COc1ncc(F)c(-c2cc(C)ncc2C(=O)Nc2nnc(OC[Si](C)(C)C)s2)c1OC. The van der Waals surface area contributed by atoms with E-state index in [1.54, 1.807) is 13.0 Å². The summed E-state index contributed by atoms with van der Waals surface area (Å²) in [7, 11) is 1.34. The van der Waals surface area contributed by atoms with E-state index in [1.165, 1.54) is 20.4 Å². The van der Waals surface area contributed by atoms with Crippen molar-refractivity contribution in [3.63, 3.8) is 0 Å². The smallest absolute Gasteiger partial charge is 0.295 e. The molecule has 0 bridgehead atoms. The van der Waals surface area contributed by atoms with Gasteiger partial charge in [-0.3, -0.25) is 15.1 Å². The summed E-state index contributed by atoms with van der Waals surface area (Å²) in [5, 5.41) is 11.2. The fourth-order valence-electron chi connectivity index (χ4n) is 2.75. The first-order valence-corrected chi connectivity index (χ1v) is 14.2. The molecule has 0 saturated carbocycles. The van der Waals surface area contributed by atoms with E-state index >= 15 is 0 Å². The highest BCUT2D eigenvalue weighted by atomic mass is 32.1. The summed E-state index contributed by atoms with van der Waals surface area (Å²) in [5.74, 6) is -1.03. The molecule has 1 amide bonds. The summed E-state index contributed by atoms with van der Waals surface area (Å²) in [6.45, 7) is 8.25. The lowest BCUT2D eigenvalue weighted by Crippen LogP contribution is -2.29. The Hall–Kier alpha value is -3.12. The number of carbonyl (C=O) groups is 1. The second-order valence-corrected chi connectivity index (χ2v) is 14.4. The second kappa shape index (κ2) is 9.57. The van der Waals surface area contributed by atoms with Crippen LogP contribution in [0, 0.1) is 12.7 Å². The van der Waals surface area contributed by atoms with Gasteiger partial charge in [-0.1, -0.05) is 24.7 Å². The lowest BCUT2D eigenvalue weighted by molar-refractivity contribution is 0.102. The van der Waals surface area contributed by atoms with Crippen molar-refractivity contribution in [1.29, 1.82) is 0 Å². The largest absolute Gasteiger partial charge is 0.491 e. The van der Waals surface area contributed by atoms with Crippen molar-refractivity contribution in [2.24, 2.45) is 0 Å². The van der Waals surface area contributed by atoms with Crippen molar-refractivity contribution < 1.29 is 23.4 Å². The number of methoxy groups -OCH3 is 2. The normalized spacial score (nSPS) is 11.2. The molecular formula is C20H24FN5O4SSi. The van der Waals surface area contributed by atoms with E-state index in [4.69, 9.17) is 14.2 Å². The van der Waals surface area contributed by atoms with E-state index in [2.05, 4.69) is 45.1 Å². The molecule has 9 nitrogen and oxygen atoms in total. The van der Waals surface area contributed by atoms with Crippen molar-refractivity contribution in [3.05, 3.63) is 35.5 Å². The molecule has 3 aromatic rings. The molecule has 12 heteroatoms. The van der Waals surface area contributed by atoms with Gasteiger partial charge in [0.15, 0.2) is 11.6 Å². The molecule has 0 aliphatic rings. The Kier molecular flexibility index (Phi) is 7.04. The number of nitrogens with one attached hydrogen (secondary N) is 1. The Morgan fingerprint density at radius 3 is 2.56 bits per heavy atom. The molecular weight excluding hydrogens is 453 g/mol. The maximum atomic E-state index is 14.8. The van der Waals surface area contributed by atoms with Crippen LogP contribution in [0.1, 0.15) is 16.1 Å². The van der Waals surface area contributed by atoms with Crippen molar-refractivity contribution in [2.45, 2.75) is 26.6 Å².